The number of hydrogen-bond donors (Lipinski definition) is 2. The number of anilines is 1. The number of nitrogens with zero attached hydrogens (tertiary/aromatic N) is 3. The summed E-state index contributed by atoms with van der Waals surface area (Å²) in [4.78, 5) is 18.1. The highest BCUT2D eigenvalue weighted by Crippen LogP contribution is 2.16. The Morgan fingerprint density at radius 2 is 2.37 bits per heavy atom. The molecule has 0 aliphatic rings. The van der Waals surface area contributed by atoms with Crippen molar-refractivity contribution in [2.24, 2.45) is 11.8 Å². The number of nitrogens with one attached hydrogen (secondary N) is 1. The molecule has 0 bridgehead atoms. The number of pyridine rings is 1. The quantitative estimate of drug-likeness (QED) is 0.596. The Balaban J connectivity index is 2.94. The van der Waals surface area contributed by atoms with Crippen molar-refractivity contribution < 1.29 is 4.79 Å². The van der Waals surface area contributed by atoms with E-state index in [2.05, 4.69) is 16.5 Å². The van der Waals surface area contributed by atoms with Crippen LogP contribution in [0.15, 0.2) is 18.5 Å². The van der Waals surface area contributed by atoms with E-state index in [-0.39, 0.29) is 5.91 Å². The third-order valence-electron chi connectivity index (χ3n) is 2.57. The number of nitriles is 1. The van der Waals surface area contributed by atoms with Crippen molar-refractivity contribution in [1.29, 1.82) is 5.26 Å². The van der Waals surface area contributed by atoms with Crippen molar-refractivity contribution in [2.75, 3.05) is 18.5 Å². The van der Waals surface area contributed by atoms with Crippen LogP contribution in [0.3, 0.4) is 0 Å². The van der Waals surface area contributed by atoms with Crippen LogP contribution in [0.25, 0.3) is 0 Å². The van der Waals surface area contributed by atoms with E-state index in [0.717, 1.165) is 0 Å². The summed E-state index contributed by atoms with van der Waals surface area (Å²) in [6.45, 7) is 5.06. The van der Waals surface area contributed by atoms with Gasteiger partial charge < -0.3 is 10.3 Å². The van der Waals surface area contributed by atoms with Crippen molar-refractivity contribution in [3.63, 3.8) is 0 Å². The standard InChI is InChI=1S/C13H19N5O/c1-10(2)9-18(7-3-5-14)13(19)11-8-16-6-4-12(11)17-15/h4,6,8,10H,3,7,9,15H2,1-2H3,(H,16,17). The largest absolute Gasteiger partial charge is 0.337 e. The Morgan fingerprint density at radius 1 is 1.63 bits per heavy atom. The Bertz CT molecular complexity index is 466. The predicted octanol–water partition coefficient (Wildman–Crippen LogP) is 1.38. The van der Waals surface area contributed by atoms with E-state index in [1.54, 1.807) is 17.2 Å². The van der Waals surface area contributed by atoms with Gasteiger partial charge in [0.1, 0.15) is 0 Å². The SMILES string of the molecule is CC(C)CN(CCC#N)C(=O)c1cnccc1NN. The number of hydrazine groups is 1. The number of aromatic nitrogens is 1. The molecule has 102 valence electrons. The Kier molecular flexibility index (Phi) is 5.76. The van der Waals surface area contributed by atoms with Crippen molar-refractivity contribution in [1.82, 2.24) is 9.88 Å². The first-order chi connectivity index (χ1) is 9.10. The number of nitrogen functional groups attached to an aromatic ring is 1. The third kappa shape index (κ3) is 4.23. The second-order valence-corrected chi connectivity index (χ2v) is 4.62. The number of hydrogen-bond acceptors (Lipinski definition) is 5. The number of rotatable bonds is 6. The molecule has 0 aliphatic carbocycles. The van der Waals surface area contributed by atoms with Crippen molar-refractivity contribution >= 4 is 11.6 Å². The van der Waals surface area contributed by atoms with Gasteiger partial charge in [0.25, 0.3) is 5.91 Å². The smallest absolute Gasteiger partial charge is 0.257 e. The molecule has 0 aromatic carbocycles. The minimum atomic E-state index is -0.162. The van der Waals surface area contributed by atoms with E-state index in [0.29, 0.717) is 36.7 Å². The molecule has 0 aliphatic heterocycles. The maximum Gasteiger partial charge on any atom is 0.257 e. The summed E-state index contributed by atoms with van der Waals surface area (Å²) < 4.78 is 0. The fourth-order valence-electron chi connectivity index (χ4n) is 1.76. The second-order valence-electron chi connectivity index (χ2n) is 4.62. The fraction of sp³-hybridized carbons (Fsp3) is 0.462. The van der Waals surface area contributed by atoms with E-state index < -0.39 is 0 Å². The highest BCUT2D eigenvalue weighted by molar-refractivity contribution is 5.99. The van der Waals surface area contributed by atoms with Crippen LogP contribution in [0.1, 0.15) is 30.6 Å². The number of amides is 1. The minimum absolute atomic E-state index is 0.162. The fourth-order valence-corrected chi connectivity index (χ4v) is 1.76. The molecule has 3 N–H and O–H groups in total. The highest BCUT2D eigenvalue weighted by Gasteiger charge is 2.19. The monoisotopic (exact) mass is 261 g/mol. The summed E-state index contributed by atoms with van der Waals surface area (Å²) >= 11 is 0. The molecule has 1 amide bonds. The lowest BCUT2D eigenvalue weighted by Gasteiger charge is -2.24. The molecule has 1 heterocycles. The van der Waals surface area contributed by atoms with Crippen molar-refractivity contribution in [3.8, 4) is 6.07 Å². The lowest BCUT2D eigenvalue weighted by Crippen LogP contribution is -2.35. The second kappa shape index (κ2) is 7.34. The van der Waals surface area contributed by atoms with Crippen LogP contribution in [-0.2, 0) is 0 Å². The maximum absolute atomic E-state index is 12.4. The van der Waals surface area contributed by atoms with Crippen LogP contribution < -0.4 is 11.3 Å². The average molecular weight is 261 g/mol. The van der Waals surface area contributed by atoms with Crippen molar-refractivity contribution in [2.45, 2.75) is 20.3 Å². The first kappa shape index (κ1) is 14.9. The van der Waals surface area contributed by atoms with E-state index in [4.69, 9.17) is 11.1 Å². The number of carbonyl (C=O) groups is 1. The first-order valence-corrected chi connectivity index (χ1v) is 6.17. The zero-order valence-electron chi connectivity index (χ0n) is 11.3. The van der Waals surface area contributed by atoms with Gasteiger partial charge in [-0.25, -0.2) is 0 Å². The van der Waals surface area contributed by atoms with E-state index >= 15 is 0 Å². The molecule has 6 nitrogen and oxygen atoms in total. The predicted molar refractivity (Wildman–Crippen MR) is 73.0 cm³/mol. The van der Waals surface area contributed by atoms with Gasteiger partial charge in [0, 0.05) is 25.5 Å². The average Bonchev–Trinajstić information content (AvgIpc) is 2.42. The molecule has 0 saturated carbocycles. The summed E-state index contributed by atoms with van der Waals surface area (Å²) in [6.07, 6.45) is 3.36. The summed E-state index contributed by atoms with van der Waals surface area (Å²) in [7, 11) is 0. The Morgan fingerprint density at radius 3 is 2.95 bits per heavy atom. The van der Waals surface area contributed by atoms with Crippen LogP contribution in [0.4, 0.5) is 5.69 Å². The van der Waals surface area contributed by atoms with Gasteiger partial charge in [0.05, 0.1) is 23.7 Å². The zero-order chi connectivity index (χ0) is 14.3. The van der Waals surface area contributed by atoms with Crippen molar-refractivity contribution in [3.05, 3.63) is 24.0 Å². The maximum atomic E-state index is 12.4. The molecule has 0 spiro atoms. The molecule has 0 fully saturated rings. The van der Waals surface area contributed by atoms with Gasteiger partial charge in [0.15, 0.2) is 0 Å². The summed E-state index contributed by atoms with van der Waals surface area (Å²) in [5.41, 5.74) is 3.44. The molecule has 19 heavy (non-hydrogen) atoms. The summed E-state index contributed by atoms with van der Waals surface area (Å²) in [6, 6.07) is 3.70. The van der Waals surface area contributed by atoms with Gasteiger partial charge in [-0.3, -0.25) is 15.6 Å². The van der Waals surface area contributed by atoms with E-state index in [1.165, 1.54) is 6.20 Å². The molecule has 1 aromatic rings. The third-order valence-corrected chi connectivity index (χ3v) is 2.57. The highest BCUT2D eigenvalue weighted by atomic mass is 16.2. The first-order valence-electron chi connectivity index (χ1n) is 6.17. The van der Waals surface area contributed by atoms with Gasteiger partial charge in [0.2, 0.25) is 0 Å². The Hall–Kier alpha value is -2.13. The summed E-state index contributed by atoms with van der Waals surface area (Å²) in [5.74, 6) is 5.55. The molecule has 1 rings (SSSR count). The topological polar surface area (TPSA) is 95.0 Å². The van der Waals surface area contributed by atoms with Gasteiger partial charge in [-0.05, 0) is 12.0 Å². The lowest BCUT2D eigenvalue weighted by atomic mass is 10.1. The van der Waals surface area contributed by atoms with Crippen LogP contribution >= 0.6 is 0 Å². The van der Waals surface area contributed by atoms with E-state index in [9.17, 15) is 4.79 Å². The lowest BCUT2D eigenvalue weighted by molar-refractivity contribution is 0.0740. The van der Waals surface area contributed by atoms with Crippen LogP contribution in [0, 0.1) is 17.2 Å². The Labute approximate surface area is 113 Å². The van der Waals surface area contributed by atoms with Crippen LogP contribution in [0.2, 0.25) is 0 Å². The zero-order valence-corrected chi connectivity index (χ0v) is 11.3. The normalized spacial score (nSPS) is 10.1. The molecule has 0 saturated heterocycles. The van der Waals surface area contributed by atoms with Crippen LogP contribution in [0.5, 0.6) is 0 Å². The minimum Gasteiger partial charge on any atom is -0.337 e. The van der Waals surface area contributed by atoms with Gasteiger partial charge >= 0.3 is 0 Å². The summed E-state index contributed by atoms with van der Waals surface area (Å²) in [5, 5.41) is 8.67. The molecule has 0 radical (unpaired) electrons. The molecule has 6 heteroatoms. The molecular weight excluding hydrogens is 242 g/mol. The van der Waals surface area contributed by atoms with Gasteiger partial charge in [-0.2, -0.15) is 5.26 Å². The molecular formula is C13H19N5O. The number of nitrogens with two attached hydrogens (primary N) is 1. The molecule has 0 atom stereocenters. The van der Waals surface area contributed by atoms with Gasteiger partial charge in [-0.1, -0.05) is 13.8 Å². The molecule has 0 unspecified atom stereocenters. The number of carbonyl (C=O) groups excluding carboxylic acids is 1. The molecule has 1 aromatic heterocycles. The van der Waals surface area contributed by atoms with Crippen LogP contribution in [-0.4, -0.2) is 28.9 Å². The van der Waals surface area contributed by atoms with E-state index in [1.807, 2.05) is 13.8 Å². The van der Waals surface area contributed by atoms with Gasteiger partial charge in [-0.15, -0.1) is 0 Å².